The smallest absolute Gasteiger partial charge is 0.410 e. The number of aromatic amines is 1. The molecule has 0 radical (unpaired) electrons. The van der Waals surface area contributed by atoms with E-state index in [2.05, 4.69) is 29.4 Å². The fourth-order valence-electron chi connectivity index (χ4n) is 4.03. The Labute approximate surface area is 232 Å². The van der Waals surface area contributed by atoms with Crippen LogP contribution in [0.25, 0.3) is 10.2 Å². The van der Waals surface area contributed by atoms with Crippen molar-refractivity contribution in [3.05, 3.63) is 63.3 Å². The predicted octanol–water partition coefficient (Wildman–Crippen LogP) is 5.08. The maximum absolute atomic E-state index is 12.8. The molecule has 10 heteroatoms. The molecule has 1 heterocycles. The Morgan fingerprint density at radius 3 is 2.63 bits per heavy atom. The summed E-state index contributed by atoms with van der Waals surface area (Å²) in [6.07, 6.45) is -0.161. The summed E-state index contributed by atoms with van der Waals surface area (Å²) >= 11 is 2.77. The van der Waals surface area contributed by atoms with Gasteiger partial charge in [0, 0.05) is 31.0 Å². The Morgan fingerprint density at radius 1 is 1.18 bits per heavy atom. The summed E-state index contributed by atoms with van der Waals surface area (Å²) in [5.41, 5.74) is 1.64. The van der Waals surface area contributed by atoms with Crippen LogP contribution in [0.4, 0.5) is 4.79 Å². The molecule has 0 bridgehead atoms. The average Bonchev–Trinajstić information content (AvgIpc) is 3.26. The van der Waals surface area contributed by atoms with Crippen LogP contribution in [0.15, 0.2) is 47.3 Å². The summed E-state index contributed by atoms with van der Waals surface area (Å²) in [5, 5.41) is 23.8. The molecule has 0 fully saturated rings. The molecule has 0 spiro atoms. The summed E-state index contributed by atoms with van der Waals surface area (Å²) in [6, 6.07) is 13.3. The van der Waals surface area contributed by atoms with Crippen LogP contribution in [0.3, 0.4) is 0 Å². The van der Waals surface area contributed by atoms with E-state index in [1.54, 1.807) is 22.7 Å². The number of nitrogens with one attached hydrogen (secondary N) is 2. The summed E-state index contributed by atoms with van der Waals surface area (Å²) in [6.45, 7) is 10.1. The Bertz CT molecular complexity index is 1220. The molecule has 0 aliphatic carbocycles. The fraction of sp³-hybridized carbons (Fsp3) is 0.500. The zero-order chi connectivity index (χ0) is 27.7. The zero-order valence-electron chi connectivity index (χ0n) is 22.5. The van der Waals surface area contributed by atoms with Crippen molar-refractivity contribution in [2.24, 2.45) is 0 Å². The normalized spacial score (nSPS) is 13.4. The number of thiazole rings is 1. The first-order valence-corrected chi connectivity index (χ1v) is 14.9. The molecule has 38 heavy (non-hydrogen) atoms. The highest BCUT2D eigenvalue weighted by Crippen LogP contribution is 2.31. The van der Waals surface area contributed by atoms with Crippen LogP contribution < -0.4 is 10.2 Å². The van der Waals surface area contributed by atoms with Crippen LogP contribution in [0.2, 0.25) is 0 Å². The largest absolute Gasteiger partial charge is 0.506 e. The van der Waals surface area contributed by atoms with Crippen LogP contribution in [0, 0.1) is 0 Å². The molecule has 0 aliphatic rings. The molecule has 0 saturated carbocycles. The first-order valence-electron chi connectivity index (χ1n) is 12.9. The molecule has 1 aromatic heterocycles. The van der Waals surface area contributed by atoms with Crippen molar-refractivity contribution >= 4 is 39.4 Å². The minimum absolute atomic E-state index is 0.000888. The number of rotatable bonds is 13. The number of carbonyl (C=O) groups is 1. The van der Waals surface area contributed by atoms with Crippen LogP contribution in [-0.2, 0) is 4.74 Å². The monoisotopic (exact) mass is 561 g/mol. The van der Waals surface area contributed by atoms with Gasteiger partial charge in [-0.05, 0) is 57.0 Å². The van der Waals surface area contributed by atoms with Crippen molar-refractivity contribution in [1.82, 2.24) is 15.2 Å². The minimum Gasteiger partial charge on any atom is -0.506 e. The van der Waals surface area contributed by atoms with Gasteiger partial charge < -0.3 is 30.2 Å². The lowest BCUT2D eigenvalue weighted by Crippen LogP contribution is -2.40. The van der Waals surface area contributed by atoms with Crippen molar-refractivity contribution in [2.75, 3.05) is 37.7 Å². The molecule has 1 amide bonds. The highest BCUT2D eigenvalue weighted by molar-refractivity contribution is 7.99. The maximum Gasteiger partial charge on any atom is 0.410 e. The summed E-state index contributed by atoms with van der Waals surface area (Å²) in [4.78, 5) is 28.7. The number of hydrogen-bond acceptors (Lipinski definition) is 8. The van der Waals surface area contributed by atoms with E-state index in [1.807, 2.05) is 39.0 Å². The highest BCUT2D eigenvalue weighted by Gasteiger charge is 2.24. The van der Waals surface area contributed by atoms with Gasteiger partial charge in [-0.1, -0.05) is 54.7 Å². The number of aliphatic hydroxyl groups excluding tert-OH is 1. The Hall–Kier alpha value is -2.53. The lowest BCUT2D eigenvalue weighted by Gasteiger charge is -2.29. The van der Waals surface area contributed by atoms with Gasteiger partial charge in [0.05, 0.1) is 10.8 Å². The van der Waals surface area contributed by atoms with Crippen molar-refractivity contribution in [3.63, 3.8) is 0 Å². The number of fused-ring (bicyclic) bond motifs is 1. The third-order valence-corrected chi connectivity index (χ3v) is 7.93. The standard InChI is InChI=1S/C28H39N3O5S2/c1-19(20-9-6-5-7-10-20)18-31(27(35)36-28(2,3)4)14-16-37-15-8-13-29-17-23(33)21-11-12-22(32)24-25(21)38-26(34)30-24/h5-7,9-12,19,23,29,32-33H,8,13-18H2,1-4H3,(H,30,34)/t19-,23+/m1/s1. The first kappa shape index (κ1) is 30.0. The number of phenolic OH excluding ortho intramolecular Hbond substituents is 1. The SMILES string of the molecule is C[C@H](CN(CCSCCCNC[C@H](O)c1ccc(O)c2[nH]c(=O)sc12)C(=O)OC(C)(C)C)c1ccccc1. The summed E-state index contributed by atoms with van der Waals surface area (Å²) in [7, 11) is 0. The molecule has 3 aromatic rings. The van der Waals surface area contributed by atoms with Gasteiger partial charge in [0.2, 0.25) is 0 Å². The number of phenols is 1. The second-order valence-corrected chi connectivity index (χ2v) is 12.5. The van der Waals surface area contributed by atoms with E-state index in [4.69, 9.17) is 4.74 Å². The average molecular weight is 562 g/mol. The van der Waals surface area contributed by atoms with E-state index in [9.17, 15) is 19.8 Å². The van der Waals surface area contributed by atoms with E-state index in [0.717, 1.165) is 35.8 Å². The molecule has 0 saturated heterocycles. The van der Waals surface area contributed by atoms with Crippen molar-refractivity contribution < 1.29 is 19.7 Å². The molecule has 8 nitrogen and oxygen atoms in total. The van der Waals surface area contributed by atoms with E-state index in [-0.39, 0.29) is 22.6 Å². The number of carbonyl (C=O) groups excluding carboxylic acids is 1. The lowest BCUT2D eigenvalue weighted by molar-refractivity contribution is 0.0253. The van der Waals surface area contributed by atoms with Crippen LogP contribution in [0.1, 0.15) is 57.3 Å². The number of aliphatic hydroxyl groups is 1. The maximum atomic E-state index is 12.8. The van der Waals surface area contributed by atoms with Crippen molar-refractivity contribution in [2.45, 2.75) is 51.7 Å². The molecule has 0 unspecified atom stereocenters. The molecule has 208 valence electrons. The fourth-order valence-corrected chi connectivity index (χ4v) is 5.85. The Kier molecular flexibility index (Phi) is 11.1. The van der Waals surface area contributed by atoms with Gasteiger partial charge in [0.15, 0.2) is 0 Å². The van der Waals surface area contributed by atoms with Gasteiger partial charge in [-0.25, -0.2) is 4.79 Å². The molecule has 3 rings (SSSR count). The number of H-pyrrole nitrogens is 1. The van der Waals surface area contributed by atoms with E-state index >= 15 is 0 Å². The van der Waals surface area contributed by atoms with Gasteiger partial charge >= 0.3 is 11.0 Å². The number of hydrogen-bond donors (Lipinski definition) is 4. The topological polar surface area (TPSA) is 115 Å². The highest BCUT2D eigenvalue weighted by atomic mass is 32.2. The lowest BCUT2D eigenvalue weighted by atomic mass is 10.0. The Balaban J connectivity index is 1.40. The third kappa shape index (κ3) is 9.04. The number of aromatic hydroxyl groups is 1. The van der Waals surface area contributed by atoms with E-state index in [1.165, 1.54) is 11.6 Å². The van der Waals surface area contributed by atoms with Crippen LogP contribution in [0.5, 0.6) is 5.75 Å². The summed E-state index contributed by atoms with van der Waals surface area (Å²) in [5.74, 6) is 1.93. The number of benzene rings is 2. The zero-order valence-corrected chi connectivity index (χ0v) is 24.2. The Morgan fingerprint density at radius 2 is 1.92 bits per heavy atom. The molecular weight excluding hydrogens is 522 g/mol. The van der Waals surface area contributed by atoms with Gasteiger partial charge in [-0.3, -0.25) is 4.79 Å². The molecular formula is C28H39N3O5S2. The number of amides is 1. The third-order valence-electron chi connectivity index (χ3n) is 5.95. The van der Waals surface area contributed by atoms with E-state index < -0.39 is 11.7 Å². The molecule has 2 aromatic carbocycles. The van der Waals surface area contributed by atoms with Crippen LogP contribution >= 0.6 is 23.1 Å². The van der Waals surface area contributed by atoms with Gasteiger partial charge in [0.25, 0.3) is 0 Å². The van der Waals surface area contributed by atoms with Gasteiger partial charge in [-0.15, -0.1) is 0 Å². The quantitative estimate of drug-likeness (QED) is 0.215. The van der Waals surface area contributed by atoms with Gasteiger partial charge in [0.1, 0.15) is 16.9 Å². The van der Waals surface area contributed by atoms with E-state index in [0.29, 0.717) is 35.4 Å². The molecule has 4 N–H and O–H groups in total. The number of nitrogens with zero attached hydrogens (tertiary/aromatic N) is 1. The second kappa shape index (κ2) is 14.0. The number of ether oxygens (including phenoxy) is 1. The minimum atomic E-state index is -0.786. The number of thioether (sulfide) groups is 1. The first-order chi connectivity index (χ1) is 18.0. The van der Waals surface area contributed by atoms with Crippen molar-refractivity contribution in [1.29, 1.82) is 0 Å². The second-order valence-electron chi connectivity index (χ2n) is 10.3. The molecule has 2 atom stereocenters. The molecule has 0 aliphatic heterocycles. The van der Waals surface area contributed by atoms with Gasteiger partial charge in [-0.2, -0.15) is 11.8 Å². The van der Waals surface area contributed by atoms with Crippen LogP contribution in [-0.4, -0.2) is 69.5 Å². The summed E-state index contributed by atoms with van der Waals surface area (Å²) < 4.78 is 6.23. The van der Waals surface area contributed by atoms with Crippen molar-refractivity contribution in [3.8, 4) is 5.75 Å². The number of aromatic nitrogens is 1. The predicted molar refractivity (Wildman–Crippen MR) is 157 cm³/mol.